The summed E-state index contributed by atoms with van der Waals surface area (Å²) in [6, 6.07) is 0.230. The molecule has 1 saturated heterocycles. The van der Waals surface area contributed by atoms with Crippen molar-refractivity contribution in [3.05, 3.63) is 35.0 Å². The zero-order chi connectivity index (χ0) is 17.4. The second kappa shape index (κ2) is 6.58. The molecule has 2 aliphatic rings. The summed E-state index contributed by atoms with van der Waals surface area (Å²) in [4.78, 5) is 24.5. The Morgan fingerprint density at radius 2 is 2.08 bits per heavy atom. The first-order chi connectivity index (χ1) is 12.1. The van der Waals surface area contributed by atoms with Crippen molar-refractivity contribution in [3.8, 4) is 0 Å². The quantitative estimate of drug-likeness (QED) is 0.801. The summed E-state index contributed by atoms with van der Waals surface area (Å²) in [6.45, 7) is 2.96. The van der Waals surface area contributed by atoms with Crippen LogP contribution < -0.4 is 4.90 Å². The first kappa shape index (κ1) is 16.2. The topological polar surface area (TPSA) is 63.9 Å². The van der Waals surface area contributed by atoms with Crippen molar-refractivity contribution >= 4 is 11.6 Å². The van der Waals surface area contributed by atoms with Gasteiger partial charge in [-0.3, -0.25) is 9.48 Å². The van der Waals surface area contributed by atoms with Crippen molar-refractivity contribution in [2.45, 2.75) is 57.9 Å². The number of Topliss-reactive ketones (excluding diaryl/α,β-unsaturated/α-hetero) is 1. The molecule has 1 aliphatic heterocycles. The van der Waals surface area contributed by atoms with E-state index in [0.717, 1.165) is 43.9 Å². The van der Waals surface area contributed by atoms with Crippen molar-refractivity contribution in [1.29, 1.82) is 0 Å². The van der Waals surface area contributed by atoms with E-state index in [9.17, 15) is 4.79 Å². The maximum Gasteiger partial charge on any atom is 0.168 e. The fourth-order valence-corrected chi connectivity index (χ4v) is 4.16. The van der Waals surface area contributed by atoms with Gasteiger partial charge in [0.05, 0.1) is 11.8 Å². The van der Waals surface area contributed by atoms with E-state index < -0.39 is 0 Å². The number of rotatable bonds is 4. The highest BCUT2D eigenvalue weighted by molar-refractivity contribution is 5.96. The molecule has 6 nitrogen and oxygen atoms in total. The van der Waals surface area contributed by atoms with E-state index in [2.05, 4.69) is 15.0 Å². The molecule has 0 bridgehead atoms. The van der Waals surface area contributed by atoms with Gasteiger partial charge in [-0.05, 0) is 45.4 Å². The Hall–Kier alpha value is -2.24. The summed E-state index contributed by atoms with van der Waals surface area (Å²) < 4.78 is 1.68. The lowest BCUT2D eigenvalue weighted by Gasteiger charge is -2.29. The Kier molecular flexibility index (Phi) is 4.27. The first-order valence-corrected chi connectivity index (χ1v) is 9.26. The largest absolute Gasteiger partial charge is 0.353 e. The number of fused-ring (bicyclic) bond motifs is 1. The number of anilines is 1. The Morgan fingerprint density at radius 3 is 2.88 bits per heavy atom. The van der Waals surface area contributed by atoms with E-state index in [1.165, 1.54) is 24.1 Å². The van der Waals surface area contributed by atoms with Gasteiger partial charge < -0.3 is 4.90 Å². The van der Waals surface area contributed by atoms with Gasteiger partial charge in [-0.25, -0.2) is 9.97 Å². The molecular weight excluding hydrogens is 314 g/mol. The molecule has 0 aromatic carbocycles. The third-order valence-electron chi connectivity index (χ3n) is 5.37. The minimum atomic E-state index is 0.171. The minimum absolute atomic E-state index is 0.171. The summed E-state index contributed by atoms with van der Waals surface area (Å²) in [7, 11) is 1.84. The molecule has 1 fully saturated rings. The first-order valence-electron chi connectivity index (χ1n) is 9.26. The van der Waals surface area contributed by atoms with E-state index in [1.807, 2.05) is 14.0 Å². The van der Waals surface area contributed by atoms with E-state index in [0.29, 0.717) is 12.0 Å². The van der Waals surface area contributed by atoms with Crippen LogP contribution in [0.4, 0.5) is 5.82 Å². The van der Waals surface area contributed by atoms with Gasteiger partial charge >= 0.3 is 0 Å². The molecule has 2 aromatic rings. The second-order valence-corrected chi connectivity index (χ2v) is 7.25. The predicted molar refractivity (Wildman–Crippen MR) is 95.9 cm³/mol. The van der Waals surface area contributed by atoms with Crippen molar-refractivity contribution in [1.82, 2.24) is 19.7 Å². The highest BCUT2D eigenvalue weighted by Gasteiger charge is 2.31. The molecule has 1 aliphatic carbocycles. The summed E-state index contributed by atoms with van der Waals surface area (Å²) in [5, 5.41) is 4.12. The number of nitrogens with zero attached hydrogens (tertiary/aromatic N) is 5. The number of hydrogen-bond donors (Lipinski definition) is 0. The Morgan fingerprint density at radius 1 is 1.24 bits per heavy atom. The van der Waals surface area contributed by atoms with Crippen LogP contribution in [0.5, 0.6) is 0 Å². The Labute approximate surface area is 148 Å². The monoisotopic (exact) mass is 339 g/mol. The lowest BCUT2D eigenvalue weighted by molar-refractivity contribution is 0.0974. The minimum Gasteiger partial charge on any atom is -0.353 e. The maximum atomic E-state index is 12.6. The lowest BCUT2D eigenvalue weighted by atomic mass is 9.95. The average molecular weight is 339 g/mol. The molecular formula is C19H25N5O. The zero-order valence-electron chi connectivity index (χ0n) is 15.0. The van der Waals surface area contributed by atoms with Gasteiger partial charge in [0.15, 0.2) is 5.78 Å². The molecule has 0 spiro atoms. The van der Waals surface area contributed by atoms with E-state index in [4.69, 9.17) is 4.98 Å². The number of ketones is 1. The lowest BCUT2D eigenvalue weighted by Crippen LogP contribution is -2.33. The van der Waals surface area contributed by atoms with Gasteiger partial charge in [-0.1, -0.05) is 0 Å². The van der Waals surface area contributed by atoms with E-state index in [1.54, 1.807) is 17.1 Å². The van der Waals surface area contributed by atoms with E-state index >= 15 is 0 Å². The SMILES string of the molecule is Cc1nc2c(c(N3CCCC3CC(=O)c3cnn(C)c3)n1)CCCC2. The second-order valence-electron chi connectivity index (χ2n) is 7.25. The number of hydrogen-bond acceptors (Lipinski definition) is 5. The summed E-state index contributed by atoms with van der Waals surface area (Å²) >= 11 is 0. The fourth-order valence-electron chi connectivity index (χ4n) is 4.16. The van der Waals surface area contributed by atoms with Crippen LogP contribution in [-0.2, 0) is 19.9 Å². The summed E-state index contributed by atoms with van der Waals surface area (Å²) in [5.41, 5.74) is 3.24. The van der Waals surface area contributed by atoms with Crippen LogP contribution in [-0.4, -0.2) is 38.1 Å². The Balaban J connectivity index is 1.59. The van der Waals surface area contributed by atoms with Gasteiger partial charge in [0.2, 0.25) is 0 Å². The van der Waals surface area contributed by atoms with E-state index in [-0.39, 0.29) is 11.8 Å². The predicted octanol–water partition coefficient (Wildman–Crippen LogP) is 2.64. The molecule has 6 heteroatoms. The highest BCUT2D eigenvalue weighted by Crippen LogP contribution is 2.33. The summed E-state index contributed by atoms with van der Waals surface area (Å²) in [5.74, 6) is 2.10. The molecule has 0 radical (unpaired) electrons. The van der Waals surface area contributed by atoms with Crippen LogP contribution in [0.25, 0.3) is 0 Å². The highest BCUT2D eigenvalue weighted by atomic mass is 16.1. The zero-order valence-corrected chi connectivity index (χ0v) is 15.0. The van der Waals surface area contributed by atoms with Crippen molar-refractivity contribution in [3.63, 3.8) is 0 Å². The average Bonchev–Trinajstić information content (AvgIpc) is 3.23. The molecule has 0 N–H and O–H groups in total. The maximum absolute atomic E-state index is 12.6. The van der Waals surface area contributed by atoms with Crippen LogP contribution in [0.3, 0.4) is 0 Å². The molecule has 3 heterocycles. The number of carbonyl (C=O) groups excluding carboxylic acids is 1. The van der Waals surface area contributed by atoms with Crippen LogP contribution in [0, 0.1) is 6.92 Å². The van der Waals surface area contributed by atoms with Crippen LogP contribution >= 0.6 is 0 Å². The molecule has 2 aromatic heterocycles. The van der Waals surface area contributed by atoms with Gasteiger partial charge in [0.1, 0.15) is 11.6 Å². The van der Waals surface area contributed by atoms with Gasteiger partial charge in [0.25, 0.3) is 0 Å². The van der Waals surface area contributed by atoms with Crippen LogP contribution in [0.1, 0.15) is 59.5 Å². The summed E-state index contributed by atoms with van der Waals surface area (Å²) in [6.07, 6.45) is 10.7. The van der Waals surface area contributed by atoms with Crippen molar-refractivity contribution < 1.29 is 4.79 Å². The third kappa shape index (κ3) is 3.17. The van der Waals surface area contributed by atoms with Crippen LogP contribution in [0.2, 0.25) is 0 Å². The molecule has 1 unspecified atom stereocenters. The molecule has 25 heavy (non-hydrogen) atoms. The number of aryl methyl sites for hydroxylation is 3. The van der Waals surface area contributed by atoms with Gasteiger partial charge in [-0.15, -0.1) is 0 Å². The molecule has 4 rings (SSSR count). The van der Waals surface area contributed by atoms with Crippen molar-refractivity contribution in [2.75, 3.05) is 11.4 Å². The van der Waals surface area contributed by atoms with Gasteiger partial charge in [0, 0.05) is 43.5 Å². The standard InChI is InChI=1S/C19H25N5O/c1-13-21-17-8-4-3-7-16(17)19(22-13)24-9-5-6-15(24)10-18(25)14-11-20-23(2)12-14/h11-12,15H,3-10H2,1-2H3. The molecule has 0 amide bonds. The van der Waals surface area contributed by atoms with Crippen LogP contribution in [0.15, 0.2) is 12.4 Å². The Bertz CT molecular complexity index is 797. The molecule has 0 saturated carbocycles. The molecule has 1 atom stereocenters. The smallest absolute Gasteiger partial charge is 0.168 e. The normalized spacial score (nSPS) is 19.9. The fraction of sp³-hybridized carbons (Fsp3) is 0.579. The number of aromatic nitrogens is 4. The molecule has 132 valence electrons. The third-order valence-corrected chi connectivity index (χ3v) is 5.37. The van der Waals surface area contributed by atoms with Gasteiger partial charge in [-0.2, -0.15) is 5.10 Å². The van der Waals surface area contributed by atoms with Crippen molar-refractivity contribution in [2.24, 2.45) is 7.05 Å². The number of carbonyl (C=O) groups is 1.